The van der Waals surface area contributed by atoms with Crippen molar-refractivity contribution in [1.29, 1.82) is 0 Å². The third-order valence-electron chi connectivity index (χ3n) is 3.28. The van der Waals surface area contributed by atoms with Gasteiger partial charge in [0.15, 0.2) is 11.3 Å². The van der Waals surface area contributed by atoms with Gasteiger partial charge in [-0.15, -0.1) is 0 Å². The Morgan fingerprint density at radius 3 is 2.52 bits per heavy atom. The van der Waals surface area contributed by atoms with Crippen LogP contribution in [0.5, 0.6) is 0 Å². The Bertz CT molecular complexity index is 424. The Hall–Kier alpha value is -0.590. The first-order chi connectivity index (χ1) is 9.66. The largest absolute Gasteiger partial charge is 0.417 e. The molecule has 0 unspecified atom stereocenters. The molecule has 7 nitrogen and oxygen atoms in total. The van der Waals surface area contributed by atoms with Gasteiger partial charge < -0.3 is 20.1 Å². The van der Waals surface area contributed by atoms with Crippen LogP contribution in [0.2, 0.25) is 0 Å². The number of thioether (sulfide) groups is 1. The molecule has 0 amide bonds. The molecule has 0 bridgehead atoms. The van der Waals surface area contributed by atoms with Crippen molar-refractivity contribution in [2.45, 2.75) is 42.1 Å². The number of amidine groups is 1. The molecule has 2 aliphatic rings. The van der Waals surface area contributed by atoms with Gasteiger partial charge in [0.25, 0.3) is 0 Å². The van der Waals surface area contributed by atoms with E-state index in [1.54, 1.807) is 0 Å². The van der Waals surface area contributed by atoms with Crippen molar-refractivity contribution < 1.29 is 38.1 Å². The number of hydrogen-bond donors (Lipinski definition) is 3. The van der Waals surface area contributed by atoms with E-state index in [1.807, 2.05) is 0 Å². The Kier molecular flexibility index (Phi) is 4.71. The number of alkyl halides is 3. The number of nitrogens with zero attached hydrogens (tertiary/aromatic N) is 2. The number of aliphatic hydroxyl groups excluding tert-OH is 3. The van der Waals surface area contributed by atoms with Crippen molar-refractivity contribution in [2.75, 3.05) is 14.2 Å². The molecule has 1 saturated heterocycles. The van der Waals surface area contributed by atoms with Crippen LogP contribution in [0.1, 0.15) is 0 Å². The lowest BCUT2D eigenvalue weighted by Crippen LogP contribution is -2.60. The van der Waals surface area contributed by atoms with Gasteiger partial charge in [-0.1, -0.05) is 11.8 Å². The monoisotopic (exact) mass is 332 g/mol. The summed E-state index contributed by atoms with van der Waals surface area (Å²) >= 11 is 0.944. The second-order valence-electron chi connectivity index (χ2n) is 4.64. The second-order valence-corrected chi connectivity index (χ2v) is 5.70. The van der Waals surface area contributed by atoms with Crippen LogP contribution in [-0.4, -0.2) is 81.8 Å². The fourth-order valence-electron chi connectivity index (χ4n) is 2.05. The van der Waals surface area contributed by atoms with Crippen LogP contribution in [-0.2, 0) is 9.57 Å². The minimum Gasteiger partial charge on any atom is -0.388 e. The zero-order valence-electron chi connectivity index (χ0n) is 11.1. The third kappa shape index (κ3) is 3.12. The van der Waals surface area contributed by atoms with Crippen molar-refractivity contribution >= 4 is 16.9 Å². The highest BCUT2D eigenvalue weighted by molar-refractivity contribution is 8.14. The van der Waals surface area contributed by atoms with Crippen LogP contribution in [0, 0.1) is 0 Å². The van der Waals surface area contributed by atoms with Gasteiger partial charge in [-0.25, -0.2) is 5.06 Å². The smallest absolute Gasteiger partial charge is 0.388 e. The topological polar surface area (TPSA) is 94.8 Å². The highest BCUT2D eigenvalue weighted by Gasteiger charge is 2.56. The average Bonchev–Trinajstić information content (AvgIpc) is 2.84. The lowest BCUT2D eigenvalue weighted by Gasteiger charge is -2.40. The van der Waals surface area contributed by atoms with Crippen molar-refractivity contribution in [2.24, 2.45) is 4.99 Å². The van der Waals surface area contributed by atoms with E-state index in [2.05, 4.69) is 4.99 Å². The number of hydrogen-bond acceptors (Lipinski definition) is 8. The molecule has 21 heavy (non-hydrogen) atoms. The highest BCUT2D eigenvalue weighted by atomic mass is 32.2. The number of hydroxylamine groups is 2. The summed E-state index contributed by atoms with van der Waals surface area (Å²) in [7, 11) is 2.89. The number of rotatable bonds is 2. The van der Waals surface area contributed by atoms with Gasteiger partial charge >= 0.3 is 6.18 Å². The fourth-order valence-corrected chi connectivity index (χ4v) is 3.21. The lowest BCUT2D eigenvalue weighted by molar-refractivity contribution is -0.271. The van der Waals surface area contributed by atoms with E-state index in [1.165, 1.54) is 19.2 Å². The van der Waals surface area contributed by atoms with Crippen LogP contribution in [0.15, 0.2) is 4.99 Å². The van der Waals surface area contributed by atoms with Gasteiger partial charge in [0.2, 0.25) is 0 Å². The molecule has 3 N–H and O–H groups in total. The summed E-state index contributed by atoms with van der Waals surface area (Å²) in [6, 6.07) is -0.936. The molecule has 0 spiro atoms. The second kappa shape index (κ2) is 5.89. The van der Waals surface area contributed by atoms with E-state index < -0.39 is 42.1 Å². The molecule has 2 heterocycles. The van der Waals surface area contributed by atoms with Gasteiger partial charge in [0, 0.05) is 7.05 Å². The molecule has 1 fully saturated rings. The molecule has 122 valence electrons. The lowest BCUT2D eigenvalue weighted by atomic mass is 9.94. The first-order valence-corrected chi connectivity index (χ1v) is 6.83. The molecule has 0 saturated carbocycles. The Labute approximate surface area is 122 Å². The molecule has 0 aromatic heterocycles. The summed E-state index contributed by atoms with van der Waals surface area (Å²) in [4.78, 5) is 8.93. The first-order valence-electron chi connectivity index (χ1n) is 5.95. The van der Waals surface area contributed by atoms with E-state index >= 15 is 0 Å². The summed E-state index contributed by atoms with van der Waals surface area (Å²) < 4.78 is 42.7. The fraction of sp³-hybridized carbons (Fsp3) is 0.900. The molecular formula is C10H15F3N2O5S. The van der Waals surface area contributed by atoms with Crippen molar-refractivity contribution in [3.63, 3.8) is 0 Å². The number of fused-ring (bicyclic) bond motifs is 1. The zero-order valence-corrected chi connectivity index (χ0v) is 11.9. The maximum Gasteiger partial charge on any atom is 0.417 e. The Morgan fingerprint density at radius 2 is 2.00 bits per heavy atom. The SMILES string of the molecule is CON(C)C1=N[C@@H]2[C@@H](O)[C@H](O)[C@@H]([C@H](O)C(F)(F)F)O[C@@H]2S1. The standard InChI is InChI=1S/C10H15F3N2O5S/c1-15(19-2)9-14-3-4(16)5(17)6(20-8(3)21-9)7(18)10(11,12)13/h3-8,16-18H,1-2H3/t3-,4-,5+,6+,7+,8-/m1/s1. The van der Waals surface area contributed by atoms with Crippen LogP contribution in [0.3, 0.4) is 0 Å². The van der Waals surface area contributed by atoms with E-state index in [4.69, 9.17) is 9.57 Å². The predicted molar refractivity (Wildman–Crippen MR) is 66.3 cm³/mol. The summed E-state index contributed by atoms with van der Waals surface area (Å²) in [6.07, 6.45) is -13.3. The van der Waals surface area contributed by atoms with Crippen LogP contribution in [0.25, 0.3) is 0 Å². The predicted octanol–water partition coefficient (Wildman–Crippen LogP) is -0.679. The molecule has 0 aliphatic carbocycles. The summed E-state index contributed by atoms with van der Waals surface area (Å²) in [5.74, 6) is 0. The minimum absolute atomic E-state index is 0.292. The van der Waals surface area contributed by atoms with Crippen LogP contribution in [0.4, 0.5) is 13.2 Å². The molecule has 0 aromatic carbocycles. The normalized spacial score (nSPS) is 37.9. The zero-order chi connectivity index (χ0) is 15.9. The van der Waals surface area contributed by atoms with E-state index in [0.717, 1.165) is 11.8 Å². The number of aliphatic imine (C=N–C) groups is 1. The number of ether oxygens (including phenoxy) is 1. The van der Waals surface area contributed by atoms with E-state index in [0.29, 0.717) is 5.17 Å². The molecule has 0 aromatic rings. The van der Waals surface area contributed by atoms with E-state index in [9.17, 15) is 28.5 Å². The Balaban J connectivity index is 2.16. The first kappa shape index (κ1) is 16.8. The summed E-state index contributed by atoms with van der Waals surface area (Å²) in [6.45, 7) is 0. The van der Waals surface area contributed by atoms with Gasteiger partial charge in [-0.3, -0.25) is 9.83 Å². The third-order valence-corrected chi connectivity index (χ3v) is 4.47. The maximum absolute atomic E-state index is 12.6. The van der Waals surface area contributed by atoms with Crippen LogP contribution >= 0.6 is 11.8 Å². The molecule has 6 atom stereocenters. The van der Waals surface area contributed by atoms with E-state index in [-0.39, 0.29) is 0 Å². The molecule has 2 rings (SSSR count). The maximum atomic E-state index is 12.6. The van der Waals surface area contributed by atoms with Crippen molar-refractivity contribution in [3.8, 4) is 0 Å². The van der Waals surface area contributed by atoms with Gasteiger partial charge in [0.05, 0.1) is 7.11 Å². The molecule has 2 aliphatic heterocycles. The molecule has 0 radical (unpaired) electrons. The van der Waals surface area contributed by atoms with Gasteiger partial charge in [-0.2, -0.15) is 13.2 Å². The molecule has 11 heteroatoms. The summed E-state index contributed by atoms with van der Waals surface area (Å²) in [5.41, 5.74) is -0.946. The summed E-state index contributed by atoms with van der Waals surface area (Å²) in [5, 5.41) is 30.4. The highest BCUT2D eigenvalue weighted by Crippen LogP contribution is 2.39. The van der Waals surface area contributed by atoms with Gasteiger partial charge in [0.1, 0.15) is 29.8 Å². The van der Waals surface area contributed by atoms with Crippen molar-refractivity contribution in [1.82, 2.24) is 5.06 Å². The van der Waals surface area contributed by atoms with Crippen molar-refractivity contribution in [3.05, 3.63) is 0 Å². The quantitative estimate of drug-likeness (QED) is 0.577. The number of halogens is 3. The minimum atomic E-state index is -4.96. The van der Waals surface area contributed by atoms with Crippen LogP contribution < -0.4 is 0 Å². The van der Waals surface area contributed by atoms with Gasteiger partial charge in [-0.05, 0) is 0 Å². The Morgan fingerprint density at radius 1 is 1.38 bits per heavy atom. The molecular weight excluding hydrogens is 317 g/mol. The average molecular weight is 332 g/mol. The number of aliphatic hydroxyl groups is 3.